The molecule has 1 radical (unpaired) electrons. The van der Waals surface area contributed by atoms with Crippen LogP contribution in [0.15, 0.2) is 12.2 Å². The summed E-state index contributed by atoms with van der Waals surface area (Å²) in [7, 11) is 0. The summed E-state index contributed by atoms with van der Waals surface area (Å²) in [6.07, 6.45) is 30.1. The molecule has 0 amide bonds. The van der Waals surface area contributed by atoms with Gasteiger partial charge in [-0.1, -0.05) is 70.4 Å². The van der Waals surface area contributed by atoms with Crippen LogP contribution in [0.4, 0.5) is 0 Å². The molecule has 0 atom stereocenters. The van der Waals surface area contributed by atoms with Gasteiger partial charge in [0.2, 0.25) is 0 Å². The Kier molecular flexibility index (Phi) is 34.1. The van der Waals surface area contributed by atoms with Gasteiger partial charge in [-0.15, -0.1) is 0 Å². The molecule has 0 aromatic rings. The van der Waals surface area contributed by atoms with Gasteiger partial charge >= 0.3 is 98.3 Å². The summed E-state index contributed by atoms with van der Waals surface area (Å²) in [5.41, 5.74) is 0. The van der Waals surface area contributed by atoms with E-state index in [0.717, 1.165) is 12.8 Å². The molecule has 0 aromatic carbocycles. The molecule has 0 bridgehead atoms. The number of allylic oxidation sites excluding steroid dienone is 2. The topological polar surface area (TPSA) is 37.3 Å². The second-order valence-corrected chi connectivity index (χ2v) is 18.4. The van der Waals surface area contributed by atoms with Gasteiger partial charge in [0.05, 0.1) is 0 Å². The first-order chi connectivity index (χ1) is 16.1. The maximum atomic E-state index is 10.3. The van der Waals surface area contributed by atoms with Crippen LogP contribution < -0.4 is 0 Å². The fraction of sp³-hybridized carbons (Fsp3) is 0.900. The van der Waals surface area contributed by atoms with E-state index in [0.29, 0.717) is 6.42 Å². The fourth-order valence-corrected chi connectivity index (χ4v) is 13.5. The average molecular weight is 573 g/mol. The summed E-state index contributed by atoms with van der Waals surface area (Å²) in [6, 6.07) is 0. The second kappa shape index (κ2) is 32.0. The Morgan fingerprint density at radius 1 is 0.545 bits per heavy atom. The first kappa shape index (κ1) is 35.2. The third kappa shape index (κ3) is 34.3. The van der Waals surface area contributed by atoms with Crippen LogP contribution in [0.3, 0.4) is 0 Å². The number of hydrogen-bond donors (Lipinski definition) is 1. The number of aliphatic carboxylic acids is 1. The van der Waals surface area contributed by atoms with Crippen LogP contribution in [0.5, 0.6) is 0 Å². The number of carboxylic acids is 1. The summed E-state index contributed by atoms with van der Waals surface area (Å²) >= 11 is -0.839. The molecule has 0 saturated carbocycles. The Bertz CT molecular complexity index is 376. The van der Waals surface area contributed by atoms with Crippen molar-refractivity contribution in [3.8, 4) is 0 Å². The van der Waals surface area contributed by atoms with Crippen molar-refractivity contribution in [3.63, 3.8) is 0 Å². The van der Waals surface area contributed by atoms with E-state index in [1.807, 2.05) is 0 Å². The Labute approximate surface area is 216 Å². The van der Waals surface area contributed by atoms with Gasteiger partial charge in [0.1, 0.15) is 0 Å². The van der Waals surface area contributed by atoms with Crippen molar-refractivity contribution in [2.45, 2.75) is 169 Å². The van der Waals surface area contributed by atoms with Crippen LogP contribution in [-0.2, 0) is 4.79 Å². The van der Waals surface area contributed by atoms with Gasteiger partial charge in [-0.25, -0.2) is 0 Å². The van der Waals surface area contributed by atoms with Crippen molar-refractivity contribution in [1.29, 1.82) is 0 Å². The Balaban J connectivity index is 0. The van der Waals surface area contributed by atoms with Gasteiger partial charge in [0, 0.05) is 6.42 Å². The molecule has 0 fully saturated rings. The van der Waals surface area contributed by atoms with E-state index in [9.17, 15) is 4.79 Å². The number of carboxylic acid groups (broad SMARTS) is 1. The summed E-state index contributed by atoms with van der Waals surface area (Å²) in [5.74, 6) is -0.664. The van der Waals surface area contributed by atoms with Crippen molar-refractivity contribution in [2.24, 2.45) is 0 Å². The number of unbranched alkanes of at least 4 members (excludes halogenated alkanes) is 14. The SMILES string of the molecule is CCCCCCCC/C=C\CCCCCCCC(=O)O.CCC[CH2][Sn]([CH2]CCC)[CH2]CCC. The first-order valence-corrected chi connectivity index (χ1v) is 20.9. The summed E-state index contributed by atoms with van der Waals surface area (Å²) in [4.78, 5) is 10.3. The standard InChI is InChI=1S/C18H34O2.3C4H9.Sn/c1-2-3-4-5-6-7-8-9-10-11-12-13-14-15-16-17-18(19)20;3*1-3-4-2;/h9-10H,2-8,11-17H2,1H3,(H,19,20);3*1,3-4H2,2H3;/b10-9-;;;;. The van der Waals surface area contributed by atoms with Crippen molar-refractivity contribution in [1.82, 2.24) is 0 Å². The first-order valence-electron chi connectivity index (χ1n) is 14.8. The zero-order valence-electron chi connectivity index (χ0n) is 23.3. The van der Waals surface area contributed by atoms with Crippen LogP contribution in [-0.4, -0.2) is 30.8 Å². The summed E-state index contributed by atoms with van der Waals surface area (Å²) in [6.45, 7) is 9.26. The molecule has 0 unspecified atom stereocenters. The molecule has 0 heterocycles. The predicted molar refractivity (Wildman–Crippen MR) is 152 cm³/mol. The molecule has 0 rings (SSSR count). The predicted octanol–water partition coefficient (Wildman–Crippen LogP) is 11.0. The van der Waals surface area contributed by atoms with E-state index in [1.165, 1.54) is 109 Å². The van der Waals surface area contributed by atoms with Crippen LogP contribution in [0, 0.1) is 0 Å². The molecule has 1 N–H and O–H groups in total. The third-order valence-electron chi connectivity index (χ3n) is 6.30. The molecule has 33 heavy (non-hydrogen) atoms. The normalized spacial score (nSPS) is 11.2. The minimum absolute atomic E-state index is 0.332. The monoisotopic (exact) mass is 573 g/mol. The van der Waals surface area contributed by atoms with E-state index >= 15 is 0 Å². The zero-order valence-corrected chi connectivity index (χ0v) is 26.1. The van der Waals surface area contributed by atoms with Crippen LogP contribution >= 0.6 is 0 Å². The molecule has 0 saturated heterocycles. The van der Waals surface area contributed by atoms with E-state index in [2.05, 4.69) is 39.8 Å². The van der Waals surface area contributed by atoms with Crippen LogP contribution in [0.2, 0.25) is 13.3 Å². The quantitative estimate of drug-likeness (QED) is 0.0710. The van der Waals surface area contributed by atoms with E-state index in [-0.39, 0.29) is 0 Å². The van der Waals surface area contributed by atoms with Crippen LogP contribution in [0.25, 0.3) is 0 Å². The summed E-state index contributed by atoms with van der Waals surface area (Å²) in [5, 5.41) is 8.51. The molecule has 0 spiro atoms. The van der Waals surface area contributed by atoms with Crippen LogP contribution in [0.1, 0.15) is 156 Å². The van der Waals surface area contributed by atoms with Gasteiger partial charge in [-0.2, -0.15) is 0 Å². The van der Waals surface area contributed by atoms with Crippen molar-refractivity contribution >= 4 is 25.7 Å². The molecular weight excluding hydrogens is 511 g/mol. The minimum atomic E-state index is -0.839. The van der Waals surface area contributed by atoms with E-state index < -0.39 is 25.7 Å². The molecule has 2 nitrogen and oxygen atoms in total. The van der Waals surface area contributed by atoms with Gasteiger partial charge in [0.25, 0.3) is 0 Å². The molecule has 0 aliphatic carbocycles. The molecule has 0 aromatic heterocycles. The number of carbonyl (C=O) groups is 1. The fourth-order valence-electron chi connectivity index (χ4n) is 4.00. The van der Waals surface area contributed by atoms with Gasteiger partial charge in [0.15, 0.2) is 0 Å². The van der Waals surface area contributed by atoms with Crippen molar-refractivity contribution in [3.05, 3.63) is 12.2 Å². The molecule has 197 valence electrons. The summed E-state index contributed by atoms with van der Waals surface area (Å²) < 4.78 is 5.04. The average Bonchev–Trinajstić information content (AvgIpc) is 2.81. The zero-order chi connectivity index (χ0) is 24.8. The number of hydrogen-bond acceptors (Lipinski definition) is 1. The van der Waals surface area contributed by atoms with Gasteiger partial charge in [-0.05, 0) is 32.1 Å². The maximum absolute atomic E-state index is 10.3. The Morgan fingerprint density at radius 3 is 1.30 bits per heavy atom. The van der Waals surface area contributed by atoms with Crippen molar-refractivity contribution in [2.75, 3.05) is 0 Å². The Morgan fingerprint density at radius 2 is 0.909 bits per heavy atom. The Hall–Kier alpha value is 0.00870. The molecule has 0 aliphatic heterocycles. The van der Waals surface area contributed by atoms with E-state index in [4.69, 9.17) is 5.11 Å². The third-order valence-corrected chi connectivity index (χ3v) is 15.4. The second-order valence-electron chi connectivity index (χ2n) is 9.79. The molecule has 0 aliphatic rings. The van der Waals surface area contributed by atoms with Gasteiger partial charge in [-0.3, -0.25) is 4.79 Å². The molecular formula is C30H61O2Sn. The van der Waals surface area contributed by atoms with Crippen molar-refractivity contribution < 1.29 is 9.90 Å². The van der Waals surface area contributed by atoms with Gasteiger partial charge < -0.3 is 5.11 Å². The van der Waals surface area contributed by atoms with E-state index in [1.54, 1.807) is 13.3 Å². The molecule has 3 heteroatoms. The number of rotatable bonds is 24.